The molecule has 0 aromatic rings. The normalized spacial score (nSPS) is 14.6. The van der Waals surface area contributed by atoms with E-state index in [2.05, 4.69) is 39.8 Å². The topological polar surface area (TPSA) is 26.3 Å². The number of rotatable bonds is 9. The Kier molecular flexibility index (Phi) is 8.15. The van der Waals surface area contributed by atoms with Gasteiger partial charge >= 0.3 is 5.97 Å². The summed E-state index contributed by atoms with van der Waals surface area (Å²) in [4.78, 5) is 12.2. The van der Waals surface area contributed by atoms with Crippen molar-refractivity contribution in [3.05, 3.63) is 12.2 Å². The molecule has 0 radical (unpaired) electrons. The van der Waals surface area contributed by atoms with E-state index in [9.17, 15) is 4.79 Å². The highest BCUT2D eigenvalue weighted by molar-refractivity contribution is 5.70. The molecule has 0 aromatic carbocycles. The number of esters is 1. The van der Waals surface area contributed by atoms with E-state index in [1.165, 1.54) is 0 Å². The average Bonchev–Trinajstić information content (AvgIpc) is 2.37. The quantitative estimate of drug-likeness (QED) is 0.411. The lowest BCUT2D eigenvalue weighted by Crippen LogP contribution is -2.31. The van der Waals surface area contributed by atoms with E-state index >= 15 is 0 Å². The van der Waals surface area contributed by atoms with E-state index in [1.54, 1.807) is 0 Å². The lowest BCUT2D eigenvalue weighted by molar-refractivity contribution is -0.158. The summed E-state index contributed by atoms with van der Waals surface area (Å²) in [6.45, 7) is 14.8. The zero-order chi connectivity index (χ0) is 15.8. The first kappa shape index (κ1) is 19.2. The minimum Gasteiger partial charge on any atom is -0.460 e. The van der Waals surface area contributed by atoms with Crippen molar-refractivity contribution in [1.82, 2.24) is 0 Å². The third kappa shape index (κ3) is 7.12. The SMILES string of the molecule is CCC=CCC(CC(=O)OC(C)(C)CC)C(C)(C)CC. The molecule has 0 aromatic heterocycles. The fraction of sp³-hybridized carbons (Fsp3) is 0.833. The van der Waals surface area contributed by atoms with Gasteiger partial charge in [0, 0.05) is 6.42 Å². The molecule has 0 fully saturated rings. The Bertz CT molecular complexity index is 313. The van der Waals surface area contributed by atoms with Gasteiger partial charge in [-0.3, -0.25) is 4.79 Å². The van der Waals surface area contributed by atoms with Gasteiger partial charge in [-0.2, -0.15) is 0 Å². The second-order valence-corrected chi connectivity index (χ2v) is 6.95. The van der Waals surface area contributed by atoms with Crippen LogP contribution < -0.4 is 0 Å². The van der Waals surface area contributed by atoms with Gasteiger partial charge in [-0.05, 0) is 44.4 Å². The lowest BCUT2D eigenvalue weighted by Gasteiger charge is -2.33. The predicted octanol–water partition coefficient (Wildman–Crippen LogP) is 5.52. The average molecular weight is 282 g/mol. The minimum absolute atomic E-state index is 0.0618. The highest BCUT2D eigenvalue weighted by atomic mass is 16.6. The second kappa shape index (κ2) is 8.49. The molecule has 0 N–H and O–H groups in total. The number of hydrogen-bond acceptors (Lipinski definition) is 2. The molecule has 0 rings (SSSR count). The first-order chi connectivity index (χ1) is 9.18. The van der Waals surface area contributed by atoms with Crippen LogP contribution >= 0.6 is 0 Å². The Morgan fingerprint density at radius 1 is 1.05 bits per heavy atom. The molecule has 0 aliphatic heterocycles. The van der Waals surface area contributed by atoms with E-state index < -0.39 is 0 Å². The maximum atomic E-state index is 12.2. The van der Waals surface area contributed by atoms with Crippen LogP contribution in [0.1, 0.15) is 80.6 Å². The minimum atomic E-state index is -0.350. The van der Waals surface area contributed by atoms with Crippen LogP contribution in [0.4, 0.5) is 0 Å². The smallest absolute Gasteiger partial charge is 0.306 e. The summed E-state index contributed by atoms with van der Waals surface area (Å²) in [5, 5.41) is 0. The van der Waals surface area contributed by atoms with Gasteiger partial charge in [0.25, 0.3) is 0 Å². The molecule has 1 unspecified atom stereocenters. The summed E-state index contributed by atoms with van der Waals surface area (Å²) in [6, 6.07) is 0. The number of carbonyl (C=O) groups is 1. The Morgan fingerprint density at radius 2 is 1.65 bits per heavy atom. The van der Waals surface area contributed by atoms with E-state index in [1.807, 2.05) is 20.8 Å². The largest absolute Gasteiger partial charge is 0.460 e. The van der Waals surface area contributed by atoms with E-state index in [-0.39, 0.29) is 17.0 Å². The Balaban J connectivity index is 4.72. The van der Waals surface area contributed by atoms with E-state index in [4.69, 9.17) is 4.74 Å². The van der Waals surface area contributed by atoms with Gasteiger partial charge in [0.05, 0.1) is 0 Å². The fourth-order valence-corrected chi connectivity index (χ4v) is 2.02. The first-order valence-electron chi connectivity index (χ1n) is 8.05. The molecule has 2 heteroatoms. The van der Waals surface area contributed by atoms with Crippen LogP contribution in [-0.2, 0) is 9.53 Å². The van der Waals surface area contributed by atoms with Crippen molar-refractivity contribution in [3.63, 3.8) is 0 Å². The van der Waals surface area contributed by atoms with Gasteiger partial charge in [0.1, 0.15) is 5.60 Å². The molecule has 0 heterocycles. The van der Waals surface area contributed by atoms with Crippen molar-refractivity contribution in [2.75, 3.05) is 0 Å². The molecular formula is C18H34O2. The summed E-state index contributed by atoms with van der Waals surface area (Å²) in [7, 11) is 0. The van der Waals surface area contributed by atoms with Gasteiger partial charge in [0.15, 0.2) is 0 Å². The second-order valence-electron chi connectivity index (χ2n) is 6.95. The lowest BCUT2D eigenvalue weighted by atomic mass is 9.73. The number of carbonyl (C=O) groups excluding carboxylic acids is 1. The van der Waals surface area contributed by atoms with Crippen LogP contribution in [0.25, 0.3) is 0 Å². The molecule has 1 atom stereocenters. The Labute approximate surface area is 126 Å². The maximum Gasteiger partial charge on any atom is 0.306 e. The van der Waals surface area contributed by atoms with Crippen molar-refractivity contribution in [2.45, 2.75) is 86.2 Å². The molecule has 0 saturated heterocycles. The maximum absolute atomic E-state index is 12.2. The van der Waals surface area contributed by atoms with Crippen molar-refractivity contribution >= 4 is 5.97 Å². The molecule has 20 heavy (non-hydrogen) atoms. The van der Waals surface area contributed by atoms with Crippen LogP contribution in [0.2, 0.25) is 0 Å². The Hall–Kier alpha value is -0.790. The van der Waals surface area contributed by atoms with Crippen LogP contribution in [-0.4, -0.2) is 11.6 Å². The van der Waals surface area contributed by atoms with Crippen LogP contribution in [0.15, 0.2) is 12.2 Å². The fourth-order valence-electron chi connectivity index (χ4n) is 2.02. The van der Waals surface area contributed by atoms with Crippen molar-refractivity contribution in [1.29, 1.82) is 0 Å². The molecule has 118 valence electrons. The number of hydrogen-bond donors (Lipinski definition) is 0. The van der Waals surface area contributed by atoms with Crippen molar-refractivity contribution in [3.8, 4) is 0 Å². The molecule has 2 nitrogen and oxygen atoms in total. The summed E-state index contributed by atoms with van der Waals surface area (Å²) < 4.78 is 5.60. The molecule has 0 amide bonds. The summed E-state index contributed by atoms with van der Waals surface area (Å²) in [5.41, 5.74) is -0.190. The summed E-state index contributed by atoms with van der Waals surface area (Å²) in [5.74, 6) is 0.281. The highest BCUT2D eigenvalue weighted by Crippen LogP contribution is 2.36. The molecule has 0 bridgehead atoms. The van der Waals surface area contributed by atoms with Crippen molar-refractivity contribution in [2.24, 2.45) is 11.3 Å². The summed E-state index contributed by atoms with van der Waals surface area (Å²) >= 11 is 0. The molecule has 0 aliphatic rings. The van der Waals surface area contributed by atoms with Crippen LogP contribution in [0.3, 0.4) is 0 Å². The van der Waals surface area contributed by atoms with Gasteiger partial charge in [-0.1, -0.05) is 53.2 Å². The number of ether oxygens (including phenoxy) is 1. The van der Waals surface area contributed by atoms with Crippen molar-refractivity contribution < 1.29 is 9.53 Å². The standard InChI is InChI=1S/C18H34O2/c1-8-11-12-13-15(17(4,5)9-2)14-16(19)20-18(6,7)10-3/h11-12,15H,8-10,13-14H2,1-7H3. The number of allylic oxidation sites excluding steroid dienone is 2. The Morgan fingerprint density at radius 3 is 2.10 bits per heavy atom. The monoisotopic (exact) mass is 282 g/mol. The molecule has 0 saturated carbocycles. The predicted molar refractivity (Wildman–Crippen MR) is 86.7 cm³/mol. The van der Waals surface area contributed by atoms with Gasteiger partial charge in [0.2, 0.25) is 0 Å². The first-order valence-corrected chi connectivity index (χ1v) is 8.05. The molecule has 0 aliphatic carbocycles. The van der Waals surface area contributed by atoms with E-state index in [0.717, 1.165) is 25.7 Å². The van der Waals surface area contributed by atoms with Gasteiger partial charge in [-0.25, -0.2) is 0 Å². The van der Waals surface area contributed by atoms with Gasteiger partial charge in [-0.15, -0.1) is 0 Å². The molecule has 0 spiro atoms. The van der Waals surface area contributed by atoms with Gasteiger partial charge < -0.3 is 4.74 Å². The van der Waals surface area contributed by atoms with E-state index in [0.29, 0.717) is 12.3 Å². The third-order valence-corrected chi connectivity index (χ3v) is 4.49. The summed E-state index contributed by atoms with van der Waals surface area (Å²) in [6.07, 6.45) is 8.82. The zero-order valence-electron chi connectivity index (χ0n) is 14.6. The van der Waals surface area contributed by atoms with Crippen LogP contribution in [0, 0.1) is 11.3 Å². The zero-order valence-corrected chi connectivity index (χ0v) is 14.6. The molecular weight excluding hydrogens is 248 g/mol. The third-order valence-electron chi connectivity index (χ3n) is 4.49. The highest BCUT2D eigenvalue weighted by Gasteiger charge is 2.31. The van der Waals surface area contributed by atoms with Crippen LogP contribution in [0.5, 0.6) is 0 Å².